The second-order valence-electron chi connectivity index (χ2n) is 6.34. The molecule has 0 bridgehead atoms. The van der Waals surface area contributed by atoms with Gasteiger partial charge in [-0.1, -0.05) is 42.5 Å². The molecule has 0 aliphatic heterocycles. The van der Waals surface area contributed by atoms with E-state index in [4.69, 9.17) is 4.74 Å². The molecule has 0 amide bonds. The van der Waals surface area contributed by atoms with Gasteiger partial charge in [-0.25, -0.2) is 0 Å². The summed E-state index contributed by atoms with van der Waals surface area (Å²) < 4.78 is 9.17. The molecule has 4 nitrogen and oxygen atoms in total. The zero-order chi connectivity index (χ0) is 19.0. The van der Waals surface area contributed by atoms with Crippen molar-refractivity contribution in [1.29, 1.82) is 0 Å². The minimum Gasteiger partial charge on any atom is -0.375 e. The van der Waals surface area contributed by atoms with Gasteiger partial charge in [0.25, 0.3) is 0 Å². The molecule has 0 unspecified atom stereocenters. The van der Waals surface area contributed by atoms with Gasteiger partial charge in [-0.05, 0) is 52.2 Å². The molecule has 140 valence electrons. The number of nitrogens with one attached hydrogen (secondary N) is 1. The van der Waals surface area contributed by atoms with Gasteiger partial charge >= 0.3 is 0 Å². The van der Waals surface area contributed by atoms with E-state index in [1.807, 2.05) is 30.7 Å². The molecule has 2 aromatic heterocycles. The summed E-state index contributed by atoms with van der Waals surface area (Å²) in [7, 11) is 0. The minimum absolute atomic E-state index is 0.611. The summed E-state index contributed by atoms with van der Waals surface area (Å²) >= 11 is 1.63. The molecule has 2 aromatic carbocycles. The summed E-state index contributed by atoms with van der Waals surface area (Å²) in [6, 6.07) is 20.7. The first-order valence-electron chi connectivity index (χ1n) is 9.20. The zero-order valence-electron chi connectivity index (χ0n) is 15.4. The molecular formula is C23H21N3OS. The number of aromatic nitrogens is 2. The van der Waals surface area contributed by atoms with E-state index in [0.29, 0.717) is 13.2 Å². The van der Waals surface area contributed by atoms with Gasteiger partial charge < -0.3 is 4.74 Å². The van der Waals surface area contributed by atoms with Crippen LogP contribution in [0.15, 0.2) is 90.3 Å². The van der Waals surface area contributed by atoms with Gasteiger partial charge in [0, 0.05) is 41.6 Å². The Hall–Kier alpha value is -2.73. The van der Waals surface area contributed by atoms with Gasteiger partial charge in [-0.3, -0.25) is 14.7 Å². The number of rotatable bonds is 8. The van der Waals surface area contributed by atoms with Crippen LogP contribution in [0.2, 0.25) is 0 Å². The molecule has 2 heterocycles. The largest absolute Gasteiger partial charge is 0.375 e. The Morgan fingerprint density at radius 2 is 1.71 bits per heavy atom. The monoisotopic (exact) mass is 387 g/mol. The summed E-state index contributed by atoms with van der Waals surface area (Å²) in [6.07, 6.45) is 7.38. The van der Waals surface area contributed by atoms with Crippen molar-refractivity contribution < 1.29 is 4.74 Å². The summed E-state index contributed by atoms with van der Waals surface area (Å²) in [5.41, 5.74) is 3.46. The lowest BCUT2D eigenvalue weighted by atomic mass is 10.1. The fourth-order valence-electron chi connectivity index (χ4n) is 2.94. The molecule has 4 rings (SSSR count). The molecule has 0 atom stereocenters. The maximum absolute atomic E-state index is 5.79. The number of ether oxygens (including phenoxy) is 1. The van der Waals surface area contributed by atoms with Crippen LogP contribution in [0.5, 0.6) is 0 Å². The topological polar surface area (TPSA) is 47.0 Å². The quantitative estimate of drug-likeness (QED) is 0.336. The van der Waals surface area contributed by atoms with Crippen LogP contribution in [0.25, 0.3) is 21.9 Å². The summed E-state index contributed by atoms with van der Waals surface area (Å²) in [6.45, 7) is 2.04. The van der Waals surface area contributed by atoms with Crippen LogP contribution in [0.1, 0.15) is 5.56 Å². The SMILES string of the molecule is c1cncc(-c2ccc(COCCNSc3cccc4cnccc34)cc2)c1. The molecule has 0 radical (unpaired) electrons. The van der Waals surface area contributed by atoms with E-state index < -0.39 is 0 Å². The third kappa shape index (κ3) is 4.75. The van der Waals surface area contributed by atoms with Crippen molar-refractivity contribution in [3.8, 4) is 11.1 Å². The maximum atomic E-state index is 5.79. The van der Waals surface area contributed by atoms with Gasteiger partial charge in [0.2, 0.25) is 0 Å². The standard InChI is InChI=1S/C23H21N3OS/c1-3-21-16-25-12-10-22(21)23(5-1)28-26-13-14-27-17-18-6-8-19(9-7-18)20-4-2-11-24-15-20/h1-12,15-16,26H,13-14,17H2. The van der Waals surface area contributed by atoms with Crippen LogP contribution in [0.4, 0.5) is 0 Å². The van der Waals surface area contributed by atoms with Crippen LogP contribution in [-0.2, 0) is 11.3 Å². The van der Waals surface area contributed by atoms with Crippen molar-refractivity contribution in [3.05, 3.63) is 91.0 Å². The predicted molar refractivity (Wildman–Crippen MR) is 115 cm³/mol. The Labute approximate surface area is 169 Å². The van der Waals surface area contributed by atoms with Crippen molar-refractivity contribution >= 4 is 22.7 Å². The second-order valence-corrected chi connectivity index (χ2v) is 7.27. The highest BCUT2D eigenvalue weighted by atomic mass is 32.2. The molecule has 4 aromatic rings. The van der Waals surface area contributed by atoms with Gasteiger partial charge in [0.15, 0.2) is 0 Å². The maximum Gasteiger partial charge on any atom is 0.0717 e. The third-order valence-corrected chi connectivity index (χ3v) is 5.31. The van der Waals surface area contributed by atoms with Crippen LogP contribution >= 0.6 is 11.9 Å². The molecule has 0 fully saturated rings. The molecule has 0 spiro atoms. The smallest absolute Gasteiger partial charge is 0.0717 e. The summed E-state index contributed by atoms with van der Waals surface area (Å²) in [5, 5.41) is 2.37. The van der Waals surface area contributed by atoms with E-state index in [1.165, 1.54) is 21.4 Å². The highest BCUT2D eigenvalue weighted by Gasteiger charge is 2.02. The average Bonchev–Trinajstić information content (AvgIpc) is 2.77. The molecular weight excluding hydrogens is 366 g/mol. The number of hydrogen-bond donors (Lipinski definition) is 1. The van der Waals surface area contributed by atoms with Gasteiger partial charge in [0.05, 0.1) is 13.2 Å². The van der Waals surface area contributed by atoms with E-state index in [-0.39, 0.29) is 0 Å². The Kier molecular flexibility index (Phi) is 6.29. The molecule has 0 saturated carbocycles. The van der Waals surface area contributed by atoms with Gasteiger partial charge in [-0.2, -0.15) is 0 Å². The number of nitrogens with zero attached hydrogens (tertiary/aromatic N) is 2. The van der Waals surface area contributed by atoms with E-state index >= 15 is 0 Å². The normalized spacial score (nSPS) is 11.0. The molecule has 1 N–H and O–H groups in total. The van der Waals surface area contributed by atoms with E-state index in [1.54, 1.807) is 18.1 Å². The highest BCUT2D eigenvalue weighted by molar-refractivity contribution is 7.97. The lowest BCUT2D eigenvalue weighted by Gasteiger charge is -2.08. The van der Waals surface area contributed by atoms with Crippen LogP contribution < -0.4 is 4.72 Å². The van der Waals surface area contributed by atoms with Gasteiger partial charge in [0.1, 0.15) is 0 Å². The van der Waals surface area contributed by atoms with Gasteiger partial charge in [-0.15, -0.1) is 0 Å². The predicted octanol–water partition coefficient (Wildman–Crippen LogP) is 5.11. The van der Waals surface area contributed by atoms with Crippen LogP contribution in [-0.4, -0.2) is 23.1 Å². The third-order valence-electron chi connectivity index (χ3n) is 4.39. The molecule has 0 saturated heterocycles. The highest BCUT2D eigenvalue weighted by Crippen LogP contribution is 2.25. The number of fused-ring (bicyclic) bond motifs is 1. The Bertz CT molecular complexity index is 1020. The summed E-state index contributed by atoms with van der Waals surface area (Å²) in [4.78, 5) is 9.54. The Morgan fingerprint density at radius 1 is 0.821 bits per heavy atom. The number of pyridine rings is 2. The average molecular weight is 388 g/mol. The van der Waals surface area contributed by atoms with E-state index in [2.05, 4.69) is 63.2 Å². The molecule has 5 heteroatoms. The van der Waals surface area contributed by atoms with Crippen molar-refractivity contribution in [2.24, 2.45) is 0 Å². The lowest BCUT2D eigenvalue weighted by Crippen LogP contribution is -2.12. The van der Waals surface area contributed by atoms with Crippen LogP contribution in [0.3, 0.4) is 0 Å². The first-order chi connectivity index (χ1) is 13.9. The first kappa shape index (κ1) is 18.6. The number of benzene rings is 2. The van der Waals surface area contributed by atoms with E-state index in [9.17, 15) is 0 Å². The van der Waals surface area contributed by atoms with Crippen LogP contribution in [0, 0.1) is 0 Å². The van der Waals surface area contributed by atoms with Crippen molar-refractivity contribution in [2.45, 2.75) is 11.5 Å². The Morgan fingerprint density at radius 3 is 2.57 bits per heavy atom. The second kappa shape index (κ2) is 9.46. The number of hydrogen-bond acceptors (Lipinski definition) is 5. The van der Waals surface area contributed by atoms with E-state index in [0.717, 1.165) is 17.5 Å². The zero-order valence-corrected chi connectivity index (χ0v) is 16.2. The fraction of sp³-hybridized carbons (Fsp3) is 0.130. The first-order valence-corrected chi connectivity index (χ1v) is 10.0. The minimum atomic E-state index is 0.611. The Balaban J connectivity index is 1.21. The molecule has 0 aliphatic carbocycles. The van der Waals surface area contributed by atoms with Crippen molar-refractivity contribution in [3.63, 3.8) is 0 Å². The fourth-order valence-corrected chi connectivity index (χ4v) is 3.72. The summed E-state index contributed by atoms with van der Waals surface area (Å²) in [5.74, 6) is 0. The molecule has 28 heavy (non-hydrogen) atoms. The molecule has 0 aliphatic rings. The van der Waals surface area contributed by atoms with Crippen molar-refractivity contribution in [2.75, 3.05) is 13.2 Å². The lowest BCUT2D eigenvalue weighted by molar-refractivity contribution is 0.126. The van der Waals surface area contributed by atoms with Crippen molar-refractivity contribution in [1.82, 2.24) is 14.7 Å².